The van der Waals surface area contributed by atoms with Crippen LogP contribution in [0.15, 0.2) is 36.5 Å². The molecule has 0 saturated carbocycles. The summed E-state index contributed by atoms with van der Waals surface area (Å²) in [6.45, 7) is 2.55. The number of nitrogens with zero attached hydrogens (tertiary/aromatic N) is 2. The summed E-state index contributed by atoms with van der Waals surface area (Å²) in [7, 11) is 0. The first-order valence-corrected chi connectivity index (χ1v) is 6.54. The summed E-state index contributed by atoms with van der Waals surface area (Å²) in [5.41, 5.74) is 1.83. The van der Waals surface area contributed by atoms with Crippen LogP contribution < -0.4 is 0 Å². The van der Waals surface area contributed by atoms with Gasteiger partial charge in [0.05, 0.1) is 18.2 Å². The number of ether oxygens (including phenoxy) is 1. The molecule has 2 aromatic rings. The second kappa shape index (κ2) is 6.27. The molecule has 0 N–H and O–H groups in total. The van der Waals surface area contributed by atoms with Gasteiger partial charge in [0.15, 0.2) is 0 Å². The summed E-state index contributed by atoms with van der Waals surface area (Å²) in [6, 6.07) is 10.6. The number of carbonyl (C=O) groups excluding carboxylic acids is 1. The summed E-state index contributed by atoms with van der Waals surface area (Å²) in [5, 5.41) is 9.32. The van der Waals surface area contributed by atoms with Crippen LogP contribution in [0.2, 0.25) is 5.02 Å². The zero-order valence-electron chi connectivity index (χ0n) is 11.0. The van der Waals surface area contributed by atoms with Crippen LogP contribution in [0.25, 0.3) is 0 Å². The molecule has 5 heteroatoms. The predicted molar refractivity (Wildman–Crippen MR) is 75.7 cm³/mol. The van der Waals surface area contributed by atoms with Crippen molar-refractivity contribution in [1.82, 2.24) is 4.57 Å². The Labute approximate surface area is 122 Å². The van der Waals surface area contributed by atoms with E-state index in [0.29, 0.717) is 29.4 Å². The molecule has 0 aliphatic rings. The van der Waals surface area contributed by atoms with E-state index >= 15 is 0 Å². The van der Waals surface area contributed by atoms with Crippen LogP contribution in [-0.2, 0) is 11.3 Å². The lowest BCUT2D eigenvalue weighted by atomic mass is 10.1. The Kier molecular flexibility index (Phi) is 4.44. The quantitative estimate of drug-likeness (QED) is 0.812. The summed E-state index contributed by atoms with van der Waals surface area (Å²) < 4.78 is 6.76. The Balaban J connectivity index is 2.25. The molecule has 0 unspecified atom stereocenters. The Bertz CT molecular complexity index is 671. The summed E-state index contributed by atoms with van der Waals surface area (Å²) in [4.78, 5) is 11.8. The molecule has 2 rings (SSSR count). The highest BCUT2D eigenvalue weighted by Crippen LogP contribution is 2.20. The molecule has 0 fully saturated rings. The molecule has 0 saturated heterocycles. The molecular weight excluding hydrogens is 276 g/mol. The highest BCUT2D eigenvalue weighted by Gasteiger charge is 2.12. The molecule has 0 amide bonds. The van der Waals surface area contributed by atoms with Crippen molar-refractivity contribution in [2.45, 2.75) is 13.5 Å². The van der Waals surface area contributed by atoms with E-state index < -0.39 is 0 Å². The molecule has 4 nitrogen and oxygen atoms in total. The van der Waals surface area contributed by atoms with Crippen LogP contribution >= 0.6 is 11.6 Å². The summed E-state index contributed by atoms with van der Waals surface area (Å²) >= 11 is 6.14. The van der Waals surface area contributed by atoms with E-state index in [4.69, 9.17) is 21.6 Å². The van der Waals surface area contributed by atoms with E-state index in [1.54, 1.807) is 48.0 Å². The standard InChI is InChI=1S/C15H13ClN2O2/c1-2-20-15(19)14-4-3-7-18(14)10-12-6-5-11(9-17)8-13(12)16/h3-8H,2,10H2,1H3. The third kappa shape index (κ3) is 3.01. The van der Waals surface area contributed by atoms with Gasteiger partial charge in [0.25, 0.3) is 0 Å². The lowest BCUT2D eigenvalue weighted by Crippen LogP contribution is -2.12. The van der Waals surface area contributed by atoms with Crippen LogP contribution in [0.3, 0.4) is 0 Å². The average molecular weight is 289 g/mol. The topological polar surface area (TPSA) is 55.0 Å². The molecule has 1 aromatic heterocycles. The molecule has 0 spiro atoms. The van der Waals surface area contributed by atoms with Gasteiger partial charge in [-0.2, -0.15) is 5.26 Å². The van der Waals surface area contributed by atoms with Crippen molar-refractivity contribution in [3.8, 4) is 6.07 Å². The van der Waals surface area contributed by atoms with Crippen molar-refractivity contribution in [2.24, 2.45) is 0 Å². The van der Waals surface area contributed by atoms with Gasteiger partial charge in [0.1, 0.15) is 5.69 Å². The third-order valence-corrected chi connectivity index (χ3v) is 3.19. The van der Waals surface area contributed by atoms with Gasteiger partial charge in [-0.15, -0.1) is 0 Å². The second-order valence-electron chi connectivity index (χ2n) is 4.16. The van der Waals surface area contributed by atoms with E-state index in [1.165, 1.54) is 0 Å². The minimum Gasteiger partial charge on any atom is -0.461 e. The highest BCUT2D eigenvalue weighted by atomic mass is 35.5. The van der Waals surface area contributed by atoms with Gasteiger partial charge in [0, 0.05) is 17.8 Å². The largest absolute Gasteiger partial charge is 0.461 e. The van der Waals surface area contributed by atoms with Crippen LogP contribution in [0.5, 0.6) is 0 Å². The molecule has 0 aliphatic carbocycles. The minimum absolute atomic E-state index is 0.335. The van der Waals surface area contributed by atoms with E-state index in [-0.39, 0.29) is 5.97 Å². The average Bonchev–Trinajstić information content (AvgIpc) is 2.89. The van der Waals surface area contributed by atoms with E-state index in [9.17, 15) is 4.79 Å². The first kappa shape index (κ1) is 14.2. The molecule has 20 heavy (non-hydrogen) atoms. The Morgan fingerprint density at radius 3 is 2.90 bits per heavy atom. The molecule has 0 bridgehead atoms. The number of hydrogen-bond donors (Lipinski definition) is 0. The predicted octanol–water partition coefficient (Wildman–Crippen LogP) is 3.24. The fraction of sp³-hybridized carbons (Fsp3) is 0.200. The highest BCUT2D eigenvalue weighted by molar-refractivity contribution is 6.31. The van der Waals surface area contributed by atoms with Gasteiger partial charge >= 0.3 is 5.97 Å². The molecule has 0 radical (unpaired) electrons. The molecule has 0 aliphatic heterocycles. The van der Waals surface area contributed by atoms with Crippen LogP contribution in [-0.4, -0.2) is 17.1 Å². The Morgan fingerprint density at radius 2 is 2.25 bits per heavy atom. The van der Waals surface area contributed by atoms with Gasteiger partial charge < -0.3 is 9.30 Å². The zero-order chi connectivity index (χ0) is 14.5. The van der Waals surface area contributed by atoms with E-state index in [0.717, 1.165) is 5.56 Å². The number of rotatable bonds is 4. The maximum Gasteiger partial charge on any atom is 0.354 e. The molecule has 0 atom stereocenters. The number of hydrogen-bond acceptors (Lipinski definition) is 3. The number of halogens is 1. The number of nitriles is 1. The molecule has 102 valence electrons. The van der Waals surface area contributed by atoms with Gasteiger partial charge in [-0.3, -0.25) is 0 Å². The zero-order valence-corrected chi connectivity index (χ0v) is 11.7. The monoisotopic (exact) mass is 288 g/mol. The maximum atomic E-state index is 11.8. The van der Waals surface area contributed by atoms with Crippen molar-refractivity contribution in [1.29, 1.82) is 5.26 Å². The number of benzene rings is 1. The van der Waals surface area contributed by atoms with E-state index in [1.807, 2.05) is 6.07 Å². The minimum atomic E-state index is -0.359. The number of aromatic nitrogens is 1. The van der Waals surface area contributed by atoms with Gasteiger partial charge in [-0.1, -0.05) is 17.7 Å². The fourth-order valence-electron chi connectivity index (χ4n) is 1.87. The van der Waals surface area contributed by atoms with Crippen LogP contribution in [0.4, 0.5) is 0 Å². The third-order valence-electron chi connectivity index (χ3n) is 2.84. The summed E-state index contributed by atoms with van der Waals surface area (Å²) in [5.74, 6) is -0.359. The van der Waals surface area contributed by atoms with Gasteiger partial charge in [0.2, 0.25) is 0 Å². The Hall–Kier alpha value is -2.25. The van der Waals surface area contributed by atoms with Crippen molar-refractivity contribution in [2.75, 3.05) is 6.61 Å². The summed E-state index contributed by atoms with van der Waals surface area (Å²) in [6.07, 6.45) is 1.79. The fourth-order valence-corrected chi connectivity index (χ4v) is 2.11. The lowest BCUT2D eigenvalue weighted by Gasteiger charge is -2.10. The maximum absolute atomic E-state index is 11.8. The van der Waals surface area contributed by atoms with Crippen molar-refractivity contribution in [3.05, 3.63) is 58.4 Å². The first-order chi connectivity index (χ1) is 9.65. The number of esters is 1. The SMILES string of the molecule is CCOC(=O)c1cccn1Cc1ccc(C#N)cc1Cl. The molecule has 1 heterocycles. The van der Waals surface area contributed by atoms with E-state index in [2.05, 4.69) is 0 Å². The van der Waals surface area contributed by atoms with Crippen molar-refractivity contribution >= 4 is 17.6 Å². The molecular formula is C15H13ClN2O2. The van der Waals surface area contributed by atoms with Crippen LogP contribution in [0.1, 0.15) is 28.5 Å². The normalized spacial score (nSPS) is 10.1. The number of carbonyl (C=O) groups is 1. The second-order valence-corrected chi connectivity index (χ2v) is 4.57. The van der Waals surface area contributed by atoms with Crippen LogP contribution in [0, 0.1) is 11.3 Å². The first-order valence-electron chi connectivity index (χ1n) is 6.16. The molecule has 1 aromatic carbocycles. The van der Waals surface area contributed by atoms with Crippen molar-refractivity contribution in [3.63, 3.8) is 0 Å². The Morgan fingerprint density at radius 1 is 1.45 bits per heavy atom. The van der Waals surface area contributed by atoms with Crippen molar-refractivity contribution < 1.29 is 9.53 Å². The smallest absolute Gasteiger partial charge is 0.354 e. The van der Waals surface area contributed by atoms with Gasteiger partial charge in [-0.25, -0.2) is 4.79 Å². The lowest BCUT2D eigenvalue weighted by molar-refractivity contribution is 0.0514. The van der Waals surface area contributed by atoms with Gasteiger partial charge in [-0.05, 0) is 36.8 Å².